The van der Waals surface area contributed by atoms with E-state index in [0.717, 1.165) is 12.2 Å². The van der Waals surface area contributed by atoms with Gasteiger partial charge >= 0.3 is 0 Å². The van der Waals surface area contributed by atoms with Gasteiger partial charge in [-0.25, -0.2) is 0 Å². The van der Waals surface area contributed by atoms with Crippen molar-refractivity contribution in [1.29, 1.82) is 0 Å². The highest BCUT2D eigenvalue weighted by Gasteiger charge is 2.15. The third-order valence-corrected chi connectivity index (χ3v) is 2.99. The lowest BCUT2D eigenvalue weighted by atomic mass is 9.94. The largest absolute Gasteiger partial charge is 0.494 e. The Labute approximate surface area is 104 Å². The predicted molar refractivity (Wildman–Crippen MR) is 70.6 cm³/mol. The zero-order valence-corrected chi connectivity index (χ0v) is 11.2. The van der Waals surface area contributed by atoms with Crippen LogP contribution in [-0.4, -0.2) is 25.4 Å². The summed E-state index contributed by atoms with van der Waals surface area (Å²) in [6.07, 6.45) is 0.728. The van der Waals surface area contributed by atoms with Crippen LogP contribution in [0.4, 0.5) is 0 Å². The second-order valence-electron chi connectivity index (χ2n) is 4.26. The molecule has 0 radical (unpaired) electrons. The number of hydrogen-bond donors (Lipinski definition) is 2. The minimum absolute atomic E-state index is 0.192. The Balaban J connectivity index is 3.07. The predicted octanol–water partition coefficient (Wildman–Crippen LogP) is 2.35. The molecule has 1 aromatic carbocycles. The quantitative estimate of drug-likeness (QED) is 0.798. The molecule has 0 heterocycles. The minimum atomic E-state index is 0.192. The standard InChI is InChI=1S/C14H23NO2/c1-5-17-12-8-10(2)14(11(3)9-12)13(15-4)6-7-16/h8-9,13,15-16H,5-7H2,1-4H3. The van der Waals surface area contributed by atoms with Crippen molar-refractivity contribution in [3.63, 3.8) is 0 Å². The maximum absolute atomic E-state index is 9.09. The SMILES string of the molecule is CCOc1cc(C)c(C(CCO)NC)c(C)c1. The lowest BCUT2D eigenvalue weighted by Gasteiger charge is -2.21. The Morgan fingerprint density at radius 3 is 2.29 bits per heavy atom. The Morgan fingerprint density at radius 1 is 1.29 bits per heavy atom. The van der Waals surface area contributed by atoms with Gasteiger partial charge in [-0.2, -0.15) is 0 Å². The zero-order chi connectivity index (χ0) is 12.8. The van der Waals surface area contributed by atoms with Crippen LogP contribution in [0.25, 0.3) is 0 Å². The third-order valence-electron chi connectivity index (χ3n) is 2.99. The zero-order valence-electron chi connectivity index (χ0n) is 11.2. The van der Waals surface area contributed by atoms with Gasteiger partial charge in [0, 0.05) is 12.6 Å². The van der Waals surface area contributed by atoms with E-state index in [9.17, 15) is 0 Å². The molecule has 0 aliphatic heterocycles. The summed E-state index contributed by atoms with van der Waals surface area (Å²) in [5.74, 6) is 0.921. The molecule has 0 amide bonds. The van der Waals surface area contributed by atoms with Crippen molar-refractivity contribution in [3.8, 4) is 5.75 Å². The van der Waals surface area contributed by atoms with Gasteiger partial charge in [-0.3, -0.25) is 0 Å². The maximum Gasteiger partial charge on any atom is 0.119 e. The third kappa shape index (κ3) is 3.45. The summed E-state index contributed by atoms with van der Waals surface area (Å²) >= 11 is 0. The first-order valence-corrected chi connectivity index (χ1v) is 6.16. The van der Waals surface area contributed by atoms with Crippen LogP contribution in [-0.2, 0) is 0 Å². The van der Waals surface area contributed by atoms with Gasteiger partial charge < -0.3 is 15.2 Å². The highest BCUT2D eigenvalue weighted by atomic mass is 16.5. The van der Waals surface area contributed by atoms with Gasteiger partial charge in [-0.1, -0.05) is 0 Å². The number of ether oxygens (including phenoxy) is 1. The highest BCUT2D eigenvalue weighted by Crippen LogP contribution is 2.28. The molecule has 3 heteroatoms. The average molecular weight is 237 g/mol. The molecule has 1 rings (SSSR count). The van der Waals surface area contributed by atoms with Crippen LogP contribution in [0.5, 0.6) is 5.75 Å². The van der Waals surface area contributed by atoms with Crippen molar-refractivity contribution in [3.05, 3.63) is 28.8 Å². The van der Waals surface area contributed by atoms with E-state index in [1.54, 1.807) is 0 Å². The molecule has 0 spiro atoms. The van der Waals surface area contributed by atoms with E-state index in [1.165, 1.54) is 16.7 Å². The van der Waals surface area contributed by atoms with E-state index >= 15 is 0 Å². The van der Waals surface area contributed by atoms with Gasteiger partial charge in [0.05, 0.1) is 6.61 Å². The molecule has 1 atom stereocenters. The number of rotatable bonds is 6. The first kappa shape index (κ1) is 14.0. The van der Waals surface area contributed by atoms with E-state index in [4.69, 9.17) is 9.84 Å². The van der Waals surface area contributed by atoms with Crippen molar-refractivity contribution in [2.24, 2.45) is 0 Å². The summed E-state index contributed by atoms with van der Waals surface area (Å²) in [5, 5.41) is 12.3. The van der Waals surface area contributed by atoms with Crippen molar-refractivity contribution in [2.45, 2.75) is 33.2 Å². The van der Waals surface area contributed by atoms with Crippen molar-refractivity contribution < 1.29 is 9.84 Å². The molecule has 0 aromatic heterocycles. The number of aliphatic hydroxyl groups excluding tert-OH is 1. The van der Waals surface area contributed by atoms with Crippen LogP contribution in [0.1, 0.15) is 36.1 Å². The van der Waals surface area contributed by atoms with Gasteiger partial charge in [0.15, 0.2) is 0 Å². The maximum atomic E-state index is 9.09. The lowest BCUT2D eigenvalue weighted by Crippen LogP contribution is -2.19. The summed E-state index contributed by atoms with van der Waals surface area (Å²) in [4.78, 5) is 0. The number of nitrogens with one attached hydrogen (secondary N) is 1. The molecule has 1 aromatic rings. The number of hydrogen-bond acceptors (Lipinski definition) is 3. The molecule has 0 aliphatic rings. The summed E-state index contributed by atoms with van der Waals surface area (Å²) in [7, 11) is 1.93. The van der Waals surface area contributed by atoms with Gasteiger partial charge in [-0.05, 0) is 63.1 Å². The van der Waals surface area contributed by atoms with Crippen molar-refractivity contribution >= 4 is 0 Å². The molecule has 0 bridgehead atoms. The monoisotopic (exact) mass is 237 g/mol. The fourth-order valence-electron chi connectivity index (χ4n) is 2.30. The van der Waals surface area contributed by atoms with E-state index in [0.29, 0.717) is 6.61 Å². The van der Waals surface area contributed by atoms with E-state index in [2.05, 4.69) is 31.3 Å². The summed E-state index contributed by atoms with van der Waals surface area (Å²) in [6.45, 7) is 7.04. The Bertz CT molecular complexity index is 340. The molecule has 17 heavy (non-hydrogen) atoms. The van der Waals surface area contributed by atoms with Crippen LogP contribution in [0.3, 0.4) is 0 Å². The van der Waals surface area contributed by atoms with Gasteiger partial charge in [-0.15, -0.1) is 0 Å². The smallest absolute Gasteiger partial charge is 0.119 e. The van der Waals surface area contributed by atoms with E-state index in [-0.39, 0.29) is 12.6 Å². The summed E-state index contributed by atoms with van der Waals surface area (Å²) in [5.41, 5.74) is 3.69. The number of benzene rings is 1. The second kappa shape index (κ2) is 6.62. The van der Waals surface area contributed by atoms with Crippen LogP contribution >= 0.6 is 0 Å². The summed E-state index contributed by atoms with van der Waals surface area (Å²) in [6, 6.07) is 4.33. The molecular weight excluding hydrogens is 214 g/mol. The highest BCUT2D eigenvalue weighted by molar-refractivity contribution is 5.42. The second-order valence-corrected chi connectivity index (χ2v) is 4.26. The molecular formula is C14H23NO2. The van der Waals surface area contributed by atoms with Gasteiger partial charge in [0.1, 0.15) is 5.75 Å². The lowest BCUT2D eigenvalue weighted by molar-refractivity contribution is 0.268. The van der Waals surface area contributed by atoms with Crippen LogP contribution < -0.4 is 10.1 Å². The van der Waals surface area contributed by atoms with Gasteiger partial charge in [0.25, 0.3) is 0 Å². The van der Waals surface area contributed by atoms with Crippen molar-refractivity contribution in [2.75, 3.05) is 20.3 Å². The molecule has 3 nitrogen and oxygen atoms in total. The molecule has 1 unspecified atom stereocenters. The summed E-state index contributed by atoms with van der Waals surface area (Å²) < 4.78 is 5.53. The average Bonchev–Trinajstić information content (AvgIpc) is 2.27. The molecule has 0 saturated carbocycles. The molecule has 96 valence electrons. The normalized spacial score (nSPS) is 12.5. The number of aliphatic hydroxyl groups is 1. The molecule has 2 N–H and O–H groups in total. The van der Waals surface area contributed by atoms with Crippen LogP contribution in [0, 0.1) is 13.8 Å². The molecule has 0 fully saturated rings. The fourth-order valence-corrected chi connectivity index (χ4v) is 2.30. The first-order chi connectivity index (χ1) is 8.13. The van der Waals surface area contributed by atoms with E-state index in [1.807, 2.05) is 14.0 Å². The number of aryl methyl sites for hydroxylation is 2. The van der Waals surface area contributed by atoms with Gasteiger partial charge in [0.2, 0.25) is 0 Å². The first-order valence-electron chi connectivity index (χ1n) is 6.16. The molecule has 0 aliphatic carbocycles. The Kier molecular flexibility index (Phi) is 5.45. The van der Waals surface area contributed by atoms with Crippen LogP contribution in [0.2, 0.25) is 0 Å². The van der Waals surface area contributed by atoms with Crippen LogP contribution in [0.15, 0.2) is 12.1 Å². The van der Waals surface area contributed by atoms with E-state index < -0.39 is 0 Å². The molecule has 0 saturated heterocycles. The fraction of sp³-hybridized carbons (Fsp3) is 0.571. The minimum Gasteiger partial charge on any atom is -0.494 e. The Morgan fingerprint density at radius 2 is 1.88 bits per heavy atom. The topological polar surface area (TPSA) is 41.5 Å². The van der Waals surface area contributed by atoms with Crippen molar-refractivity contribution in [1.82, 2.24) is 5.32 Å². The Hall–Kier alpha value is -1.06.